The zero-order valence-corrected chi connectivity index (χ0v) is 15.4. The summed E-state index contributed by atoms with van der Waals surface area (Å²) >= 11 is 0. The van der Waals surface area contributed by atoms with E-state index in [4.69, 9.17) is 4.74 Å². The number of carbonyl (C=O) groups excluding carboxylic acids is 3. The lowest BCUT2D eigenvalue weighted by atomic mass is 10.1. The van der Waals surface area contributed by atoms with Crippen molar-refractivity contribution < 1.29 is 24.0 Å². The molecule has 0 radical (unpaired) electrons. The topological polar surface area (TPSA) is 128 Å². The highest BCUT2D eigenvalue weighted by Crippen LogP contribution is 2.22. The third-order valence-electron chi connectivity index (χ3n) is 3.73. The highest BCUT2D eigenvalue weighted by molar-refractivity contribution is 5.96. The number of nitrogens with zero attached hydrogens (tertiary/aromatic N) is 1. The molecule has 0 aliphatic carbocycles. The molecule has 0 unspecified atom stereocenters. The molecule has 9 nitrogen and oxygen atoms in total. The molecule has 2 N–H and O–H groups in total. The van der Waals surface area contributed by atoms with Gasteiger partial charge in [0.2, 0.25) is 0 Å². The fourth-order valence-corrected chi connectivity index (χ4v) is 2.32. The number of anilines is 1. The Morgan fingerprint density at radius 1 is 1.11 bits per heavy atom. The molecule has 2 aromatic carbocycles. The van der Waals surface area contributed by atoms with Gasteiger partial charge in [-0.1, -0.05) is 23.8 Å². The molecule has 0 aromatic heterocycles. The average Bonchev–Trinajstić information content (AvgIpc) is 2.65. The molecule has 0 atom stereocenters. The normalized spacial score (nSPS) is 10.1. The Labute approximate surface area is 160 Å². The van der Waals surface area contributed by atoms with Crippen molar-refractivity contribution in [3.8, 4) is 0 Å². The van der Waals surface area contributed by atoms with Crippen LogP contribution in [0.5, 0.6) is 0 Å². The van der Waals surface area contributed by atoms with Crippen molar-refractivity contribution in [2.24, 2.45) is 0 Å². The average molecular weight is 385 g/mol. The van der Waals surface area contributed by atoms with E-state index in [1.807, 2.05) is 13.0 Å². The Kier molecular flexibility index (Phi) is 6.80. The van der Waals surface area contributed by atoms with E-state index in [1.54, 1.807) is 25.1 Å². The number of amides is 2. The van der Waals surface area contributed by atoms with E-state index in [9.17, 15) is 24.5 Å². The Bertz CT molecular complexity index is 926. The molecule has 0 aliphatic rings. The zero-order valence-electron chi connectivity index (χ0n) is 15.4. The molecular weight excluding hydrogens is 366 g/mol. The quantitative estimate of drug-likeness (QED) is 0.427. The molecule has 2 aromatic rings. The smallest absolute Gasteiger partial charge is 0.325 e. The summed E-state index contributed by atoms with van der Waals surface area (Å²) in [6.45, 7) is 2.44. The van der Waals surface area contributed by atoms with Crippen molar-refractivity contribution in [2.45, 2.75) is 13.8 Å². The standard InChI is InChI=1S/C19H19N3O6/c1-12-4-3-5-14(8-12)19(25)20-10-18(24)28-11-17(23)21-15-7-6-13(2)16(9-15)22(26)27/h3-9H,10-11H2,1-2H3,(H,20,25)(H,21,23). The summed E-state index contributed by atoms with van der Waals surface area (Å²) in [6.07, 6.45) is 0. The highest BCUT2D eigenvalue weighted by Gasteiger charge is 2.14. The number of hydrogen-bond acceptors (Lipinski definition) is 6. The molecule has 0 bridgehead atoms. The van der Waals surface area contributed by atoms with Crippen LogP contribution in [0, 0.1) is 24.0 Å². The van der Waals surface area contributed by atoms with Crippen LogP contribution in [0.15, 0.2) is 42.5 Å². The summed E-state index contributed by atoms with van der Waals surface area (Å²) in [6, 6.07) is 11.1. The van der Waals surface area contributed by atoms with E-state index in [1.165, 1.54) is 18.2 Å². The van der Waals surface area contributed by atoms with E-state index in [0.29, 0.717) is 11.1 Å². The Morgan fingerprint density at radius 2 is 1.86 bits per heavy atom. The maximum Gasteiger partial charge on any atom is 0.325 e. The highest BCUT2D eigenvalue weighted by atomic mass is 16.6. The van der Waals surface area contributed by atoms with Crippen molar-refractivity contribution in [3.05, 3.63) is 69.3 Å². The maximum absolute atomic E-state index is 11.9. The summed E-state index contributed by atoms with van der Waals surface area (Å²) in [5, 5.41) is 15.7. The number of aryl methyl sites for hydroxylation is 2. The number of benzene rings is 2. The molecular formula is C19H19N3O6. The number of rotatable bonds is 7. The number of hydrogen-bond donors (Lipinski definition) is 2. The van der Waals surface area contributed by atoms with Gasteiger partial charge in [0.25, 0.3) is 17.5 Å². The molecule has 0 saturated carbocycles. The molecule has 9 heteroatoms. The number of carbonyl (C=O) groups is 3. The zero-order chi connectivity index (χ0) is 20.7. The van der Waals surface area contributed by atoms with Crippen LogP contribution in [-0.2, 0) is 14.3 Å². The van der Waals surface area contributed by atoms with Crippen LogP contribution < -0.4 is 10.6 Å². The van der Waals surface area contributed by atoms with Crippen LogP contribution in [-0.4, -0.2) is 35.9 Å². The summed E-state index contributed by atoms with van der Waals surface area (Å²) in [7, 11) is 0. The Balaban J connectivity index is 1.79. The lowest BCUT2D eigenvalue weighted by molar-refractivity contribution is -0.385. The molecule has 28 heavy (non-hydrogen) atoms. The second-order valence-electron chi connectivity index (χ2n) is 6.02. The summed E-state index contributed by atoms with van der Waals surface area (Å²) in [4.78, 5) is 45.8. The molecule has 0 spiro atoms. The lowest BCUT2D eigenvalue weighted by Crippen LogP contribution is -2.32. The molecule has 0 saturated heterocycles. The lowest BCUT2D eigenvalue weighted by Gasteiger charge is -2.08. The van der Waals surface area contributed by atoms with Gasteiger partial charge in [-0.05, 0) is 32.0 Å². The van der Waals surface area contributed by atoms with Gasteiger partial charge in [-0.15, -0.1) is 0 Å². The molecule has 146 valence electrons. The van der Waals surface area contributed by atoms with Crippen LogP contribution in [0.3, 0.4) is 0 Å². The Hall–Kier alpha value is -3.75. The summed E-state index contributed by atoms with van der Waals surface area (Å²) in [5.41, 5.74) is 1.85. The molecule has 2 rings (SSSR count). The Morgan fingerprint density at radius 3 is 2.54 bits per heavy atom. The first-order chi connectivity index (χ1) is 13.3. The van der Waals surface area contributed by atoms with Crippen molar-refractivity contribution in [2.75, 3.05) is 18.5 Å². The van der Waals surface area contributed by atoms with Crippen LogP contribution in [0.1, 0.15) is 21.5 Å². The van der Waals surface area contributed by atoms with Gasteiger partial charge >= 0.3 is 5.97 Å². The van der Waals surface area contributed by atoms with Crippen LogP contribution >= 0.6 is 0 Å². The first kappa shape index (κ1) is 20.6. The molecule has 2 amide bonds. The van der Waals surface area contributed by atoms with Crippen molar-refractivity contribution >= 4 is 29.2 Å². The van der Waals surface area contributed by atoms with Gasteiger partial charge in [-0.2, -0.15) is 0 Å². The number of nitro benzene ring substituents is 1. The number of nitro groups is 1. The van der Waals surface area contributed by atoms with Gasteiger partial charge < -0.3 is 15.4 Å². The molecule has 0 fully saturated rings. The largest absolute Gasteiger partial charge is 0.454 e. The second-order valence-corrected chi connectivity index (χ2v) is 6.02. The van der Waals surface area contributed by atoms with E-state index in [2.05, 4.69) is 10.6 Å². The second kappa shape index (κ2) is 9.26. The summed E-state index contributed by atoms with van der Waals surface area (Å²) in [5.74, 6) is -1.88. The predicted octanol–water partition coefficient (Wildman–Crippen LogP) is 2.12. The third-order valence-corrected chi connectivity index (χ3v) is 3.73. The van der Waals surface area contributed by atoms with Gasteiger partial charge in [0.05, 0.1) is 4.92 Å². The summed E-state index contributed by atoms with van der Waals surface area (Å²) < 4.78 is 4.79. The minimum Gasteiger partial charge on any atom is -0.454 e. The van der Waals surface area contributed by atoms with Gasteiger partial charge in [0.1, 0.15) is 6.54 Å². The first-order valence-electron chi connectivity index (χ1n) is 8.31. The first-order valence-corrected chi connectivity index (χ1v) is 8.31. The van der Waals surface area contributed by atoms with Crippen LogP contribution in [0.2, 0.25) is 0 Å². The predicted molar refractivity (Wildman–Crippen MR) is 101 cm³/mol. The van der Waals surface area contributed by atoms with E-state index < -0.39 is 35.9 Å². The SMILES string of the molecule is Cc1cccc(C(=O)NCC(=O)OCC(=O)Nc2ccc(C)c([N+](=O)[O-])c2)c1. The van der Waals surface area contributed by atoms with Crippen molar-refractivity contribution in [1.82, 2.24) is 5.32 Å². The van der Waals surface area contributed by atoms with Crippen molar-refractivity contribution in [3.63, 3.8) is 0 Å². The van der Waals surface area contributed by atoms with Gasteiger partial charge in [0, 0.05) is 22.9 Å². The van der Waals surface area contributed by atoms with E-state index >= 15 is 0 Å². The van der Waals surface area contributed by atoms with Crippen LogP contribution in [0.25, 0.3) is 0 Å². The van der Waals surface area contributed by atoms with Gasteiger partial charge in [-0.3, -0.25) is 24.5 Å². The minimum atomic E-state index is -0.786. The fraction of sp³-hybridized carbons (Fsp3) is 0.211. The van der Waals surface area contributed by atoms with Gasteiger partial charge in [-0.25, -0.2) is 0 Å². The molecule has 0 aliphatic heterocycles. The maximum atomic E-state index is 11.9. The van der Waals surface area contributed by atoms with Crippen molar-refractivity contribution in [1.29, 1.82) is 0 Å². The van der Waals surface area contributed by atoms with E-state index in [-0.39, 0.29) is 11.4 Å². The number of nitrogens with one attached hydrogen (secondary N) is 2. The van der Waals surface area contributed by atoms with E-state index in [0.717, 1.165) is 5.56 Å². The molecule has 0 heterocycles. The third kappa shape index (κ3) is 5.90. The van der Waals surface area contributed by atoms with Gasteiger partial charge in [0.15, 0.2) is 6.61 Å². The van der Waals surface area contributed by atoms with Crippen LogP contribution in [0.4, 0.5) is 11.4 Å². The number of ether oxygens (including phenoxy) is 1. The fourth-order valence-electron chi connectivity index (χ4n) is 2.32. The minimum absolute atomic E-state index is 0.131. The number of esters is 1. The monoisotopic (exact) mass is 385 g/mol.